The van der Waals surface area contributed by atoms with E-state index in [0.717, 1.165) is 17.5 Å². The van der Waals surface area contributed by atoms with Crippen LogP contribution >= 0.6 is 0 Å². The number of aliphatic hydroxyl groups excluding tert-OH is 1. The van der Waals surface area contributed by atoms with Crippen LogP contribution in [-0.4, -0.2) is 41.4 Å². The van der Waals surface area contributed by atoms with Gasteiger partial charge in [-0.25, -0.2) is 4.79 Å². The summed E-state index contributed by atoms with van der Waals surface area (Å²) in [7, 11) is 0. The summed E-state index contributed by atoms with van der Waals surface area (Å²) in [6.07, 6.45) is 0.522. The van der Waals surface area contributed by atoms with Gasteiger partial charge in [0.2, 0.25) is 5.91 Å². The van der Waals surface area contributed by atoms with Crippen LogP contribution in [0.5, 0.6) is 0 Å². The van der Waals surface area contributed by atoms with Crippen molar-refractivity contribution < 1.29 is 19.4 Å². The highest BCUT2D eigenvalue weighted by Crippen LogP contribution is 2.19. The zero-order valence-electron chi connectivity index (χ0n) is 21.8. The largest absolute Gasteiger partial charge is 0.444 e. The number of carbonyl (C=O) groups excluding carboxylic acids is 2. The third-order valence-electron chi connectivity index (χ3n) is 5.71. The highest BCUT2D eigenvalue weighted by Gasteiger charge is 2.30. The monoisotopic (exact) mass is 482 g/mol. The minimum atomic E-state index is -0.938. The van der Waals surface area contributed by atoms with Crippen molar-refractivity contribution in [3.8, 4) is 0 Å². The maximum absolute atomic E-state index is 13.1. The van der Waals surface area contributed by atoms with Crippen molar-refractivity contribution in [2.75, 3.05) is 6.54 Å². The summed E-state index contributed by atoms with van der Waals surface area (Å²) in [5, 5.41) is 17.2. The van der Waals surface area contributed by atoms with Gasteiger partial charge in [0.1, 0.15) is 5.60 Å². The predicted octanol–water partition coefficient (Wildman–Crippen LogP) is 4.89. The number of aliphatic hydroxyl groups is 1. The van der Waals surface area contributed by atoms with Crippen LogP contribution in [0.3, 0.4) is 0 Å². The van der Waals surface area contributed by atoms with Crippen LogP contribution in [0, 0.1) is 11.8 Å². The Balaban J connectivity index is 2.18. The first-order valence-corrected chi connectivity index (χ1v) is 12.6. The third-order valence-corrected chi connectivity index (χ3v) is 5.71. The molecular formula is C29H42N2O4. The Hall–Kier alpha value is -2.86. The Labute approximate surface area is 210 Å². The second kappa shape index (κ2) is 13.9. The van der Waals surface area contributed by atoms with Crippen LogP contribution in [0.4, 0.5) is 4.79 Å². The maximum Gasteiger partial charge on any atom is 0.407 e. The third kappa shape index (κ3) is 11.4. The van der Waals surface area contributed by atoms with Gasteiger partial charge in [0, 0.05) is 12.5 Å². The van der Waals surface area contributed by atoms with Crippen molar-refractivity contribution in [1.82, 2.24) is 10.6 Å². The minimum absolute atomic E-state index is 0.0794. The fourth-order valence-corrected chi connectivity index (χ4v) is 3.88. The molecule has 0 aromatic heterocycles. The highest BCUT2D eigenvalue weighted by molar-refractivity contribution is 5.79. The second-order valence-corrected chi connectivity index (χ2v) is 10.6. The van der Waals surface area contributed by atoms with E-state index in [1.54, 1.807) is 20.8 Å². The normalized spacial score (nSPS) is 14.1. The first-order chi connectivity index (χ1) is 16.5. The van der Waals surface area contributed by atoms with Crippen LogP contribution in [0.1, 0.15) is 58.6 Å². The van der Waals surface area contributed by atoms with Gasteiger partial charge < -0.3 is 20.5 Å². The molecule has 0 saturated heterocycles. The quantitative estimate of drug-likeness (QED) is 0.402. The van der Waals surface area contributed by atoms with E-state index >= 15 is 0 Å². The molecule has 0 aliphatic heterocycles. The first kappa shape index (κ1) is 28.4. The average molecular weight is 483 g/mol. The molecule has 0 saturated carbocycles. The van der Waals surface area contributed by atoms with Crippen molar-refractivity contribution in [1.29, 1.82) is 0 Å². The molecule has 0 fully saturated rings. The average Bonchev–Trinajstić information content (AvgIpc) is 2.78. The summed E-state index contributed by atoms with van der Waals surface area (Å²) in [6, 6.07) is 18.9. The van der Waals surface area contributed by atoms with E-state index in [4.69, 9.17) is 4.74 Å². The van der Waals surface area contributed by atoms with Gasteiger partial charge in [-0.2, -0.15) is 0 Å². The fraction of sp³-hybridized carbons (Fsp3) is 0.517. The maximum atomic E-state index is 13.1. The molecule has 0 aliphatic rings. The Morgan fingerprint density at radius 1 is 0.914 bits per heavy atom. The summed E-state index contributed by atoms with van der Waals surface area (Å²) < 4.78 is 5.44. The lowest BCUT2D eigenvalue weighted by atomic mass is 9.88. The van der Waals surface area contributed by atoms with Gasteiger partial charge in [-0.15, -0.1) is 0 Å². The molecule has 3 N–H and O–H groups in total. The number of ether oxygens (including phenoxy) is 1. The number of hydrogen-bond acceptors (Lipinski definition) is 4. The molecule has 3 atom stereocenters. The standard InChI is InChI=1S/C29H42N2O4/c1-21(2)16-17-30-27(33)24(18-22-12-8-6-9-13-22)20-26(32)25(19-23-14-10-7-11-15-23)31-28(34)35-29(3,4)5/h6-15,21,24-26,32H,16-20H2,1-5H3,(H,30,33)(H,31,34)/t24-,25-,26-/m0/s1. The van der Waals surface area contributed by atoms with Crippen molar-refractivity contribution in [3.05, 3.63) is 71.8 Å². The summed E-state index contributed by atoms with van der Waals surface area (Å²) in [5.74, 6) is -0.0238. The number of amides is 2. The Morgan fingerprint density at radius 3 is 1.97 bits per heavy atom. The van der Waals surface area contributed by atoms with E-state index in [1.807, 2.05) is 60.7 Å². The minimum Gasteiger partial charge on any atom is -0.444 e. The highest BCUT2D eigenvalue weighted by atomic mass is 16.6. The number of nitrogens with one attached hydrogen (secondary N) is 2. The molecule has 2 aromatic carbocycles. The van der Waals surface area contributed by atoms with Gasteiger partial charge in [-0.1, -0.05) is 74.5 Å². The number of benzene rings is 2. The summed E-state index contributed by atoms with van der Waals surface area (Å²) >= 11 is 0. The molecule has 192 valence electrons. The molecule has 2 rings (SSSR count). The topological polar surface area (TPSA) is 87.7 Å². The van der Waals surface area contributed by atoms with Gasteiger partial charge >= 0.3 is 6.09 Å². The molecule has 0 unspecified atom stereocenters. The van der Waals surface area contributed by atoms with Crippen molar-refractivity contribution in [2.24, 2.45) is 11.8 Å². The van der Waals surface area contributed by atoms with Crippen LogP contribution in [0.2, 0.25) is 0 Å². The molecule has 0 spiro atoms. The number of hydrogen-bond donors (Lipinski definition) is 3. The predicted molar refractivity (Wildman–Crippen MR) is 140 cm³/mol. The van der Waals surface area contributed by atoms with Crippen molar-refractivity contribution >= 4 is 12.0 Å². The van der Waals surface area contributed by atoms with E-state index in [9.17, 15) is 14.7 Å². The zero-order valence-corrected chi connectivity index (χ0v) is 21.8. The van der Waals surface area contributed by atoms with E-state index in [2.05, 4.69) is 24.5 Å². The zero-order chi connectivity index (χ0) is 25.8. The molecule has 0 heterocycles. The van der Waals surface area contributed by atoms with Gasteiger partial charge in [0.05, 0.1) is 12.1 Å². The van der Waals surface area contributed by atoms with Gasteiger partial charge in [0.25, 0.3) is 0 Å². The molecule has 35 heavy (non-hydrogen) atoms. The molecular weight excluding hydrogens is 440 g/mol. The van der Waals surface area contributed by atoms with E-state index in [0.29, 0.717) is 25.3 Å². The number of rotatable bonds is 12. The second-order valence-electron chi connectivity index (χ2n) is 10.6. The Kier molecular flexibility index (Phi) is 11.3. The Bertz CT molecular complexity index is 894. The van der Waals surface area contributed by atoms with Gasteiger partial charge in [-0.3, -0.25) is 4.79 Å². The number of alkyl carbamates (subject to hydrolysis) is 1. The lowest BCUT2D eigenvalue weighted by molar-refractivity contribution is -0.126. The van der Waals surface area contributed by atoms with Gasteiger partial charge in [0.15, 0.2) is 0 Å². The molecule has 0 aliphatic carbocycles. The molecule has 6 nitrogen and oxygen atoms in total. The lowest BCUT2D eigenvalue weighted by Gasteiger charge is -2.29. The molecule has 2 amide bonds. The van der Waals surface area contributed by atoms with Gasteiger partial charge in [-0.05, 0) is 63.5 Å². The SMILES string of the molecule is CC(C)CCNC(=O)[C@@H](Cc1ccccc1)C[C@H](O)[C@H](Cc1ccccc1)NC(=O)OC(C)(C)C. The van der Waals surface area contributed by atoms with Crippen LogP contribution < -0.4 is 10.6 Å². The number of carbonyl (C=O) groups is 2. The molecule has 2 aromatic rings. The van der Waals surface area contributed by atoms with E-state index in [1.165, 1.54) is 0 Å². The van der Waals surface area contributed by atoms with E-state index in [-0.39, 0.29) is 12.3 Å². The summed E-state index contributed by atoms with van der Waals surface area (Å²) in [4.78, 5) is 25.7. The Morgan fingerprint density at radius 2 is 1.46 bits per heavy atom. The van der Waals surface area contributed by atoms with Crippen LogP contribution in [0.15, 0.2) is 60.7 Å². The molecule has 0 bridgehead atoms. The van der Waals surface area contributed by atoms with Crippen LogP contribution in [-0.2, 0) is 22.4 Å². The smallest absolute Gasteiger partial charge is 0.407 e. The van der Waals surface area contributed by atoms with Crippen molar-refractivity contribution in [2.45, 2.75) is 78.0 Å². The van der Waals surface area contributed by atoms with E-state index < -0.39 is 29.8 Å². The summed E-state index contributed by atoms with van der Waals surface area (Å²) in [6.45, 7) is 10.2. The van der Waals surface area contributed by atoms with Crippen LogP contribution in [0.25, 0.3) is 0 Å². The summed E-state index contributed by atoms with van der Waals surface area (Å²) in [5.41, 5.74) is 1.36. The molecule has 6 heteroatoms. The lowest BCUT2D eigenvalue weighted by Crippen LogP contribution is -2.48. The van der Waals surface area contributed by atoms with Crippen molar-refractivity contribution in [3.63, 3.8) is 0 Å². The fourth-order valence-electron chi connectivity index (χ4n) is 3.88. The molecule has 0 radical (unpaired) electrons. The first-order valence-electron chi connectivity index (χ1n) is 12.6.